The summed E-state index contributed by atoms with van der Waals surface area (Å²) in [7, 11) is 2.19. The van der Waals surface area contributed by atoms with Crippen molar-refractivity contribution >= 4 is 17.7 Å². The Kier molecular flexibility index (Phi) is 5.58. The van der Waals surface area contributed by atoms with Crippen molar-refractivity contribution in [2.24, 2.45) is 13.0 Å². The Hall–Kier alpha value is -1.16. The van der Waals surface area contributed by atoms with Crippen molar-refractivity contribution in [3.63, 3.8) is 0 Å². The van der Waals surface area contributed by atoms with Crippen molar-refractivity contribution in [3.05, 3.63) is 40.8 Å². The molecular weight excluding hydrogens is 353 g/mol. The molecule has 2 nitrogen and oxygen atoms in total. The van der Waals surface area contributed by atoms with Crippen molar-refractivity contribution < 1.29 is 4.57 Å². The number of rotatable bonds is 4. The molecule has 0 amide bonds. The summed E-state index contributed by atoms with van der Waals surface area (Å²) in [4.78, 5) is 4.71. The van der Waals surface area contributed by atoms with E-state index in [0.717, 1.165) is 17.8 Å². The topological polar surface area (TPSA) is 16.8 Å². The van der Waals surface area contributed by atoms with Crippen LogP contribution in [0.3, 0.4) is 0 Å². The summed E-state index contributed by atoms with van der Waals surface area (Å²) in [6, 6.07) is 4.64. The van der Waals surface area contributed by atoms with E-state index in [1.165, 1.54) is 16.8 Å². The van der Waals surface area contributed by atoms with Gasteiger partial charge in [-0.2, -0.15) is 0 Å². The molecule has 0 aliphatic rings. The summed E-state index contributed by atoms with van der Waals surface area (Å²) in [6.07, 6.45) is 3.56. The Labute approximate surface area is 150 Å². The molecule has 0 aliphatic heterocycles. The summed E-state index contributed by atoms with van der Waals surface area (Å²) < 4.78 is 3.95. The summed E-state index contributed by atoms with van der Waals surface area (Å²) in [6.45, 7) is 11.0. The van der Waals surface area contributed by atoms with Crippen LogP contribution in [0.15, 0.2) is 18.3 Å². The molecule has 0 unspecified atom stereocenters. The molecule has 0 aromatic carbocycles. The van der Waals surface area contributed by atoms with Gasteiger partial charge in [-0.1, -0.05) is 0 Å². The molecular formula is C21H33GeN2+. The Morgan fingerprint density at radius 2 is 1.71 bits per heavy atom. The molecule has 0 bridgehead atoms. The SMILES string of the molecule is Cc1cc(C)c(-c2cc(CC(C)C)[c]([Ge]([CH3])([CH3])[CH3])c[n+]2C)c(C)n1. The second kappa shape index (κ2) is 6.99. The number of nitrogens with zero attached hydrogens (tertiary/aromatic N) is 2. The molecule has 0 N–H and O–H groups in total. The van der Waals surface area contributed by atoms with Crippen LogP contribution < -0.4 is 8.96 Å². The normalized spacial score (nSPS) is 12.1. The third-order valence-corrected chi connectivity index (χ3v) is 8.91. The molecule has 0 fully saturated rings. The molecule has 2 rings (SSSR count). The fourth-order valence-corrected chi connectivity index (χ4v) is 7.24. The van der Waals surface area contributed by atoms with E-state index >= 15 is 0 Å². The van der Waals surface area contributed by atoms with Gasteiger partial charge in [-0.15, -0.1) is 0 Å². The van der Waals surface area contributed by atoms with Gasteiger partial charge in [0, 0.05) is 0 Å². The molecule has 2 aromatic rings. The third-order valence-electron chi connectivity index (χ3n) is 4.58. The number of pyridine rings is 2. The van der Waals surface area contributed by atoms with Crippen LogP contribution in [-0.2, 0) is 13.5 Å². The number of hydrogen-bond donors (Lipinski definition) is 0. The minimum atomic E-state index is -1.91. The van der Waals surface area contributed by atoms with Gasteiger partial charge < -0.3 is 0 Å². The quantitative estimate of drug-likeness (QED) is 0.568. The Morgan fingerprint density at radius 3 is 2.21 bits per heavy atom. The molecule has 3 heteroatoms. The molecule has 0 spiro atoms. The number of hydrogen-bond acceptors (Lipinski definition) is 1. The van der Waals surface area contributed by atoms with E-state index in [2.05, 4.69) is 81.8 Å². The van der Waals surface area contributed by atoms with Gasteiger partial charge in [0.1, 0.15) is 0 Å². The van der Waals surface area contributed by atoms with E-state index < -0.39 is 13.3 Å². The van der Waals surface area contributed by atoms with Crippen LogP contribution in [-0.4, -0.2) is 18.3 Å². The minimum absolute atomic E-state index is 0.674. The van der Waals surface area contributed by atoms with E-state index in [4.69, 9.17) is 4.98 Å². The van der Waals surface area contributed by atoms with Crippen LogP contribution >= 0.6 is 0 Å². The Bertz CT molecular complexity index is 732. The predicted octanol–water partition coefficient (Wildman–Crippen LogP) is 4.24. The average Bonchev–Trinajstić information content (AvgIpc) is 2.38. The number of aromatic nitrogens is 2. The van der Waals surface area contributed by atoms with Gasteiger partial charge in [0.15, 0.2) is 0 Å². The zero-order valence-corrected chi connectivity index (χ0v) is 19.0. The van der Waals surface area contributed by atoms with Gasteiger partial charge in [-0.25, -0.2) is 0 Å². The van der Waals surface area contributed by atoms with E-state index in [-0.39, 0.29) is 0 Å². The molecule has 2 heterocycles. The molecule has 0 saturated carbocycles. The molecule has 24 heavy (non-hydrogen) atoms. The standard InChI is InChI=1S/C21H33GeN2/c1-14(2)10-18-12-20(24(9)13-19(18)22(6,7)8)21-15(3)11-16(4)23-17(21)5/h11-14H,10H2,1-9H3/q+1. The number of aryl methyl sites for hydroxylation is 4. The van der Waals surface area contributed by atoms with Crippen molar-refractivity contribution in [2.75, 3.05) is 0 Å². The van der Waals surface area contributed by atoms with Crippen LogP contribution in [0.5, 0.6) is 0 Å². The van der Waals surface area contributed by atoms with Crippen molar-refractivity contribution in [1.82, 2.24) is 4.98 Å². The molecule has 2 aromatic heterocycles. The van der Waals surface area contributed by atoms with Gasteiger partial charge in [0.25, 0.3) is 0 Å². The van der Waals surface area contributed by atoms with Gasteiger partial charge in [-0.05, 0) is 0 Å². The predicted molar refractivity (Wildman–Crippen MR) is 107 cm³/mol. The fourth-order valence-electron chi connectivity index (χ4n) is 3.63. The second-order valence-corrected chi connectivity index (χ2v) is 19.2. The summed E-state index contributed by atoms with van der Waals surface area (Å²) in [5.74, 6) is 8.14. The second-order valence-electron chi connectivity index (χ2n) is 8.60. The van der Waals surface area contributed by atoms with Gasteiger partial charge >= 0.3 is 151 Å². The van der Waals surface area contributed by atoms with Crippen molar-refractivity contribution in [2.45, 2.75) is 58.3 Å². The summed E-state index contributed by atoms with van der Waals surface area (Å²) >= 11 is -1.91. The average molecular weight is 386 g/mol. The third kappa shape index (κ3) is 4.08. The van der Waals surface area contributed by atoms with Crippen molar-refractivity contribution in [1.29, 1.82) is 0 Å². The summed E-state index contributed by atoms with van der Waals surface area (Å²) in [5, 5.41) is 0. The van der Waals surface area contributed by atoms with E-state index in [1.807, 2.05) is 0 Å². The van der Waals surface area contributed by atoms with Gasteiger partial charge in [-0.3, -0.25) is 0 Å². The molecule has 130 valence electrons. The van der Waals surface area contributed by atoms with Crippen LogP contribution in [0, 0.1) is 26.7 Å². The Balaban J connectivity index is 2.73. The van der Waals surface area contributed by atoms with Crippen LogP contribution in [0.25, 0.3) is 11.3 Å². The first-order valence-electron chi connectivity index (χ1n) is 8.99. The molecule has 0 radical (unpaired) electrons. The van der Waals surface area contributed by atoms with Crippen LogP contribution in [0.4, 0.5) is 0 Å². The molecule has 0 atom stereocenters. The van der Waals surface area contributed by atoms with Crippen LogP contribution in [0.2, 0.25) is 17.3 Å². The monoisotopic (exact) mass is 387 g/mol. The van der Waals surface area contributed by atoms with Gasteiger partial charge in [0.2, 0.25) is 0 Å². The maximum atomic E-state index is 4.71. The van der Waals surface area contributed by atoms with Crippen molar-refractivity contribution in [3.8, 4) is 11.3 Å². The van der Waals surface area contributed by atoms with E-state index in [1.54, 1.807) is 9.96 Å². The van der Waals surface area contributed by atoms with Gasteiger partial charge in [0.05, 0.1) is 0 Å². The zero-order chi connectivity index (χ0) is 18.2. The zero-order valence-electron chi connectivity index (χ0n) is 16.9. The van der Waals surface area contributed by atoms with E-state index in [0.29, 0.717) is 5.92 Å². The first kappa shape index (κ1) is 19.2. The molecule has 0 aliphatic carbocycles. The maximum absolute atomic E-state index is 4.71. The fraction of sp³-hybridized carbons (Fsp3) is 0.524. The summed E-state index contributed by atoms with van der Waals surface area (Å²) in [5.41, 5.74) is 7.68. The molecule has 0 saturated heterocycles. The Morgan fingerprint density at radius 1 is 1.08 bits per heavy atom. The first-order chi connectivity index (χ1) is 11.0. The van der Waals surface area contributed by atoms with Crippen LogP contribution in [0.1, 0.15) is 36.4 Å². The first-order valence-corrected chi connectivity index (χ1v) is 16.3. The van der Waals surface area contributed by atoms with E-state index in [9.17, 15) is 0 Å².